The highest BCUT2D eigenvalue weighted by Crippen LogP contribution is 2.32. The average Bonchev–Trinajstić information content (AvgIpc) is 2.81. The Balaban J connectivity index is 2.46. The number of aliphatic hydroxyl groups excluding tert-OH is 1. The van der Waals surface area contributed by atoms with Gasteiger partial charge in [-0.05, 0) is 48.1 Å². The number of halogens is 2. The fourth-order valence-corrected chi connectivity index (χ4v) is 2.89. The number of hydrogen-bond acceptors (Lipinski definition) is 2. The second-order valence-electron chi connectivity index (χ2n) is 4.19. The van der Waals surface area contributed by atoms with Gasteiger partial charge in [0.25, 0.3) is 0 Å². The van der Waals surface area contributed by atoms with Crippen LogP contribution in [0.3, 0.4) is 0 Å². The van der Waals surface area contributed by atoms with Gasteiger partial charge in [-0.3, -0.25) is 0 Å². The summed E-state index contributed by atoms with van der Waals surface area (Å²) in [6.45, 7) is 3.46. The van der Waals surface area contributed by atoms with Gasteiger partial charge in [-0.15, -0.1) is 11.3 Å². The van der Waals surface area contributed by atoms with Crippen molar-refractivity contribution in [3.8, 4) is 0 Å². The minimum atomic E-state index is -1.10. The molecule has 1 N–H and O–H groups in total. The molecule has 4 heteroatoms. The Labute approximate surface area is 109 Å². The zero-order valence-electron chi connectivity index (χ0n) is 10.2. The van der Waals surface area contributed by atoms with Gasteiger partial charge in [-0.25, -0.2) is 8.78 Å². The summed E-state index contributed by atoms with van der Waals surface area (Å²) in [4.78, 5) is 0.680. The first-order valence-corrected chi connectivity index (χ1v) is 6.62. The van der Waals surface area contributed by atoms with Crippen molar-refractivity contribution in [2.24, 2.45) is 0 Å². The van der Waals surface area contributed by atoms with E-state index in [1.165, 1.54) is 18.3 Å². The Morgan fingerprint density at radius 1 is 1.28 bits per heavy atom. The third-order valence-corrected chi connectivity index (χ3v) is 3.99. The Kier molecular flexibility index (Phi) is 3.78. The maximum Gasteiger partial charge on any atom is 0.129 e. The lowest BCUT2D eigenvalue weighted by molar-refractivity contribution is 0.217. The number of rotatable bonds is 3. The molecule has 0 fully saturated rings. The molecule has 1 nitrogen and oxygen atoms in total. The van der Waals surface area contributed by atoms with E-state index in [0.29, 0.717) is 4.88 Å². The molecule has 0 aliphatic heterocycles. The molecule has 0 saturated heterocycles. The molecule has 2 rings (SSSR count). The van der Waals surface area contributed by atoms with Gasteiger partial charge in [0.2, 0.25) is 0 Å². The van der Waals surface area contributed by atoms with E-state index in [9.17, 15) is 13.9 Å². The van der Waals surface area contributed by atoms with Gasteiger partial charge in [0, 0.05) is 10.4 Å². The number of thiophene rings is 1. The molecule has 18 heavy (non-hydrogen) atoms. The molecule has 1 atom stereocenters. The smallest absolute Gasteiger partial charge is 0.129 e. The molecule has 0 saturated carbocycles. The van der Waals surface area contributed by atoms with E-state index in [2.05, 4.69) is 0 Å². The lowest BCUT2D eigenvalue weighted by Crippen LogP contribution is -2.04. The van der Waals surface area contributed by atoms with Gasteiger partial charge in [0.15, 0.2) is 0 Å². The summed E-state index contributed by atoms with van der Waals surface area (Å²) >= 11 is 1.36. The molecule has 2 aromatic rings. The third kappa shape index (κ3) is 2.31. The zero-order chi connectivity index (χ0) is 13.3. The predicted molar refractivity (Wildman–Crippen MR) is 68.9 cm³/mol. The Morgan fingerprint density at radius 3 is 2.67 bits per heavy atom. The number of benzene rings is 1. The van der Waals surface area contributed by atoms with E-state index in [-0.39, 0.29) is 11.1 Å². The van der Waals surface area contributed by atoms with Crippen LogP contribution in [-0.4, -0.2) is 5.11 Å². The molecule has 96 valence electrons. The SMILES string of the molecule is CCc1ccsc1C(O)c1cc(F)c(C)cc1F. The Bertz CT molecular complexity index is 563. The first kappa shape index (κ1) is 13.2. The van der Waals surface area contributed by atoms with Crippen molar-refractivity contribution in [3.63, 3.8) is 0 Å². The summed E-state index contributed by atoms with van der Waals surface area (Å²) in [5.41, 5.74) is 1.20. The molecule has 0 amide bonds. The average molecular weight is 268 g/mol. The number of hydrogen-bond donors (Lipinski definition) is 1. The molecule has 0 radical (unpaired) electrons. The predicted octanol–water partition coefficient (Wildman–Crippen LogP) is 3.98. The van der Waals surface area contributed by atoms with Crippen LogP contribution in [0.4, 0.5) is 8.78 Å². The largest absolute Gasteiger partial charge is 0.383 e. The first-order chi connectivity index (χ1) is 8.54. The molecule has 0 spiro atoms. The number of aliphatic hydroxyl groups is 1. The standard InChI is InChI=1S/C14H14F2OS/c1-3-9-4-5-18-14(9)13(17)10-7-11(15)8(2)6-12(10)16/h4-7,13,17H,3H2,1-2H3. The molecule has 0 bridgehead atoms. The molecule has 0 aliphatic rings. The third-order valence-electron chi connectivity index (χ3n) is 2.98. The van der Waals surface area contributed by atoms with Crippen LogP contribution in [0.2, 0.25) is 0 Å². The summed E-state index contributed by atoms with van der Waals surface area (Å²) in [5.74, 6) is -1.07. The molecule has 1 heterocycles. The molecule has 1 aromatic carbocycles. The van der Waals surface area contributed by atoms with Crippen molar-refractivity contribution in [3.05, 3.63) is 56.8 Å². The highest BCUT2D eigenvalue weighted by molar-refractivity contribution is 7.10. The van der Waals surface area contributed by atoms with Crippen LogP contribution >= 0.6 is 11.3 Å². The molecule has 1 aromatic heterocycles. The fourth-order valence-electron chi connectivity index (χ4n) is 1.89. The second kappa shape index (κ2) is 5.16. The van der Waals surface area contributed by atoms with Gasteiger partial charge in [-0.2, -0.15) is 0 Å². The van der Waals surface area contributed by atoms with Crippen molar-refractivity contribution in [2.45, 2.75) is 26.4 Å². The van der Waals surface area contributed by atoms with Crippen LogP contribution < -0.4 is 0 Å². The summed E-state index contributed by atoms with van der Waals surface area (Å²) in [7, 11) is 0. The van der Waals surface area contributed by atoms with Crippen molar-refractivity contribution in [1.29, 1.82) is 0 Å². The highest BCUT2D eigenvalue weighted by atomic mass is 32.1. The number of aryl methyl sites for hydroxylation is 2. The van der Waals surface area contributed by atoms with E-state index in [4.69, 9.17) is 0 Å². The van der Waals surface area contributed by atoms with Crippen molar-refractivity contribution >= 4 is 11.3 Å². The van der Waals surface area contributed by atoms with Gasteiger partial charge < -0.3 is 5.11 Å². The zero-order valence-corrected chi connectivity index (χ0v) is 11.0. The summed E-state index contributed by atoms with van der Waals surface area (Å²) < 4.78 is 27.3. The van der Waals surface area contributed by atoms with Crippen molar-refractivity contribution < 1.29 is 13.9 Å². The highest BCUT2D eigenvalue weighted by Gasteiger charge is 2.20. The fraction of sp³-hybridized carbons (Fsp3) is 0.286. The van der Waals surface area contributed by atoms with Crippen LogP contribution in [0.5, 0.6) is 0 Å². The van der Waals surface area contributed by atoms with Crippen LogP contribution in [0.15, 0.2) is 23.6 Å². The van der Waals surface area contributed by atoms with Crippen LogP contribution in [-0.2, 0) is 6.42 Å². The van der Waals surface area contributed by atoms with Crippen molar-refractivity contribution in [2.75, 3.05) is 0 Å². The van der Waals surface area contributed by atoms with Crippen LogP contribution in [0.1, 0.15) is 34.6 Å². The summed E-state index contributed by atoms with van der Waals surface area (Å²) in [6.07, 6.45) is -0.346. The van der Waals surface area contributed by atoms with E-state index >= 15 is 0 Å². The maximum absolute atomic E-state index is 13.8. The molecular weight excluding hydrogens is 254 g/mol. The summed E-state index contributed by atoms with van der Waals surface area (Å²) in [6, 6.07) is 4.09. The topological polar surface area (TPSA) is 20.2 Å². The van der Waals surface area contributed by atoms with Crippen LogP contribution in [0.25, 0.3) is 0 Å². The van der Waals surface area contributed by atoms with Gasteiger partial charge in [0.1, 0.15) is 17.7 Å². The molecule has 0 aliphatic carbocycles. The molecular formula is C14H14F2OS. The quantitative estimate of drug-likeness (QED) is 0.892. The maximum atomic E-state index is 13.8. The van der Waals surface area contributed by atoms with E-state index < -0.39 is 17.7 Å². The lowest BCUT2D eigenvalue weighted by atomic mass is 10.0. The minimum Gasteiger partial charge on any atom is -0.383 e. The van der Waals surface area contributed by atoms with Gasteiger partial charge >= 0.3 is 0 Å². The normalized spacial score (nSPS) is 12.7. The van der Waals surface area contributed by atoms with E-state index in [1.807, 2.05) is 18.4 Å². The van der Waals surface area contributed by atoms with E-state index in [0.717, 1.165) is 24.1 Å². The van der Waals surface area contributed by atoms with Crippen molar-refractivity contribution in [1.82, 2.24) is 0 Å². The van der Waals surface area contributed by atoms with Gasteiger partial charge in [0.05, 0.1) is 0 Å². The van der Waals surface area contributed by atoms with Crippen LogP contribution in [0, 0.1) is 18.6 Å². The lowest BCUT2D eigenvalue weighted by Gasteiger charge is -2.13. The Morgan fingerprint density at radius 2 is 2.00 bits per heavy atom. The monoisotopic (exact) mass is 268 g/mol. The summed E-state index contributed by atoms with van der Waals surface area (Å²) in [5, 5.41) is 12.0. The molecule has 1 unspecified atom stereocenters. The van der Waals surface area contributed by atoms with Gasteiger partial charge in [-0.1, -0.05) is 6.92 Å². The Hall–Kier alpha value is -1.26. The second-order valence-corrected chi connectivity index (χ2v) is 5.14. The first-order valence-electron chi connectivity index (χ1n) is 5.74. The minimum absolute atomic E-state index is 0.00440. The van der Waals surface area contributed by atoms with E-state index in [1.54, 1.807) is 0 Å².